The van der Waals surface area contributed by atoms with Gasteiger partial charge in [-0.25, -0.2) is 0 Å². The van der Waals surface area contributed by atoms with Crippen LogP contribution >= 0.6 is 0 Å². The van der Waals surface area contributed by atoms with Gasteiger partial charge < -0.3 is 0 Å². The summed E-state index contributed by atoms with van der Waals surface area (Å²) in [6.07, 6.45) is 2.44. The summed E-state index contributed by atoms with van der Waals surface area (Å²) >= 11 is -0.0183. The molecule has 0 aromatic heterocycles. The van der Waals surface area contributed by atoms with Gasteiger partial charge in [-0.15, -0.1) is 0 Å². The highest BCUT2D eigenvalue weighted by molar-refractivity contribution is 5.15. The van der Waals surface area contributed by atoms with Gasteiger partial charge in [-0.05, 0) is 31.5 Å². The van der Waals surface area contributed by atoms with Crippen molar-refractivity contribution in [2.24, 2.45) is 0 Å². The first kappa shape index (κ1) is 12.6. The Morgan fingerprint density at radius 3 is 2.35 bits per heavy atom. The Bertz CT molecular complexity index is 471. The van der Waals surface area contributed by atoms with Crippen molar-refractivity contribution in [1.82, 2.24) is 0 Å². The lowest BCUT2D eigenvalue weighted by atomic mass is 10.1. The molecule has 17 heavy (non-hydrogen) atoms. The number of hydrogen-bond donors (Lipinski definition) is 0. The maximum Gasteiger partial charge on any atom is 0.358 e. The second-order valence-corrected chi connectivity index (χ2v) is 7.18. The van der Waals surface area contributed by atoms with Crippen molar-refractivity contribution in [1.29, 1.82) is 0 Å². The Morgan fingerprint density at radius 2 is 1.65 bits per heavy atom. The van der Waals surface area contributed by atoms with E-state index in [9.17, 15) is 0 Å². The molecule has 1 heteroatoms. The summed E-state index contributed by atoms with van der Waals surface area (Å²) < 4.78 is 3.09. The summed E-state index contributed by atoms with van der Waals surface area (Å²) in [6.45, 7) is 4.40. The lowest BCUT2D eigenvalue weighted by Gasteiger charge is -1.97. The van der Waals surface area contributed by atoms with E-state index in [2.05, 4.69) is 62.4 Å². The van der Waals surface area contributed by atoms with E-state index in [0.717, 1.165) is 0 Å². The Kier molecular flexibility index (Phi) is 4.60. The normalized spacial score (nSPS) is 10.5. The van der Waals surface area contributed by atoms with Crippen molar-refractivity contribution in [2.45, 2.75) is 26.7 Å². The molecule has 0 saturated heterocycles. The molecule has 0 N–H and O–H groups in total. The quantitative estimate of drug-likeness (QED) is 0.733. The van der Waals surface area contributed by atoms with Gasteiger partial charge in [0.05, 0.1) is 0 Å². The highest BCUT2D eigenvalue weighted by Crippen LogP contribution is 2.02. The summed E-state index contributed by atoms with van der Waals surface area (Å²) in [7, 11) is 0. The third kappa shape index (κ3) is 3.56. The highest BCUT2D eigenvalue weighted by atomic mass is 127. The molecule has 0 nitrogen and oxygen atoms in total. The maximum absolute atomic E-state index is 2.30. The third-order valence-corrected chi connectivity index (χ3v) is 5.67. The molecule has 2 aromatic carbocycles. The summed E-state index contributed by atoms with van der Waals surface area (Å²) in [6, 6.07) is 17.9. The van der Waals surface area contributed by atoms with Gasteiger partial charge in [0.1, 0.15) is 0 Å². The molecule has 0 aliphatic heterocycles. The van der Waals surface area contributed by atoms with Crippen LogP contribution in [0.15, 0.2) is 48.5 Å². The minimum absolute atomic E-state index is 0.0183. The van der Waals surface area contributed by atoms with Crippen LogP contribution in [0.2, 0.25) is 0 Å². The van der Waals surface area contributed by atoms with Gasteiger partial charge in [-0.1, -0.05) is 49.2 Å². The van der Waals surface area contributed by atoms with E-state index >= 15 is 0 Å². The lowest BCUT2D eigenvalue weighted by molar-refractivity contribution is -0.598. The minimum atomic E-state index is -0.0183. The van der Waals surface area contributed by atoms with E-state index < -0.39 is 0 Å². The maximum atomic E-state index is 2.30. The van der Waals surface area contributed by atoms with E-state index in [-0.39, 0.29) is 21.2 Å². The van der Waals surface area contributed by atoms with Crippen LogP contribution in [0.5, 0.6) is 0 Å². The zero-order valence-corrected chi connectivity index (χ0v) is 12.6. The van der Waals surface area contributed by atoms with Crippen molar-refractivity contribution < 1.29 is 21.2 Å². The van der Waals surface area contributed by atoms with Crippen LogP contribution in [0.4, 0.5) is 0 Å². The molecule has 2 aromatic rings. The second-order valence-electron chi connectivity index (χ2n) is 4.23. The van der Waals surface area contributed by atoms with E-state index in [4.69, 9.17) is 0 Å². The fraction of sp³-hybridized carbons (Fsp3) is 0.250. The fourth-order valence-electron chi connectivity index (χ4n) is 1.78. The predicted octanol–water partition coefficient (Wildman–Crippen LogP) is 1.08. The standard InChI is InChI=1S/C16H18I/c1-3-6-14-7-4-5-8-16(14)17-15-11-9-13(2)10-12-15/h4-5,7-12H,3,6H2,1-2H3/q+1. The highest BCUT2D eigenvalue weighted by Gasteiger charge is 2.18. The molecule has 0 heterocycles. The molecule has 0 saturated carbocycles. The Labute approximate surface area is 114 Å². The summed E-state index contributed by atoms with van der Waals surface area (Å²) in [4.78, 5) is 0. The van der Waals surface area contributed by atoms with Crippen LogP contribution in [0.25, 0.3) is 0 Å². The van der Waals surface area contributed by atoms with Gasteiger partial charge in [0.2, 0.25) is 0 Å². The van der Waals surface area contributed by atoms with Crippen molar-refractivity contribution >= 4 is 0 Å². The molecule has 0 aliphatic carbocycles. The SMILES string of the molecule is CCCc1ccccc1[I+]c1ccc(C)cc1. The van der Waals surface area contributed by atoms with E-state index in [1.165, 1.54) is 22.0 Å². The molecule has 0 unspecified atom stereocenters. The predicted molar refractivity (Wildman–Crippen MR) is 69.0 cm³/mol. The van der Waals surface area contributed by atoms with E-state index in [1.807, 2.05) is 0 Å². The van der Waals surface area contributed by atoms with E-state index in [1.54, 1.807) is 9.13 Å². The van der Waals surface area contributed by atoms with Crippen LogP contribution < -0.4 is 21.2 Å². The van der Waals surface area contributed by atoms with Crippen LogP contribution in [0.1, 0.15) is 24.5 Å². The first-order chi connectivity index (χ1) is 8.29. The smallest absolute Gasteiger partial charge is 0.0651 e. The molecule has 0 amide bonds. The van der Waals surface area contributed by atoms with E-state index in [0.29, 0.717) is 0 Å². The zero-order chi connectivity index (χ0) is 12.1. The molecule has 0 fully saturated rings. The van der Waals surface area contributed by atoms with Gasteiger partial charge >= 0.3 is 21.2 Å². The van der Waals surface area contributed by atoms with Crippen molar-refractivity contribution in [2.75, 3.05) is 0 Å². The number of rotatable bonds is 4. The number of hydrogen-bond acceptors (Lipinski definition) is 0. The van der Waals surface area contributed by atoms with Gasteiger partial charge in [0.25, 0.3) is 0 Å². The Balaban J connectivity index is 2.20. The topological polar surface area (TPSA) is 0 Å². The Hall–Kier alpha value is -0.830. The average Bonchev–Trinajstić information content (AvgIpc) is 2.35. The molecule has 0 atom stereocenters. The molecule has 88 valence electrons. The number of aryl methyl sites for hydroxylation is 2. The molecule has 0 aliphatic rings. The number of halogens is 1. The van der Waals surface area contributed by atoms with Crippen LogP contribution in [-0.2, 0) is 6.42 Å². The van der Waals surface area contributed by atoms with Crippen molar-refractivity contribution in [3.8, 4) is 0 Å². The van der Waals surface area contributed by atoms with Crippen LogP contribution in [0, 0.1) is 14.1 Å². The lowest BCUT2D eigenvalue weighted by Crippen LogP contribution is -3.61. The molecule has 2 rings (SSSR count). The monoisotopic (exact) mass is 337 g/mol. The van der Waals surface area contributed by atoms with Gasteiger partial charge in [-0.2, -0.15) is 0 Å². The average molecular weight is 337 g/mol. The first-order valence-corrected chi connectivity index (χ1v) is 8.24. The summed E-state index contributed by atoms with van der Waals surface area (Å²) in [5, 5.41) is 0. The van der Waals surface area contributed by atoms with Crippen molar-refractivity contribution in [3.05, 3.63) is 66.8 Å². The first-order valence-electron chi connectivity index (χ1n) is 6.09. The zero-order valence-electron chi connectivity index (χ0n) is 10.4. The molecule has 0 radical (unpaired) electrons. The van der Waals surface area contributed by atoms with Crippen molar-refractivity contribution in [3.63, 3.8) is 0 Å². The molecular formula is C16H18I+. The summed E-state index contributed by atoms with van der Waals surface area (Å²) in [5.41, 5.74) is 2.89. The largest absolute Gasteiger partial charge is 0.358 e. The second kappa shape index (κ2) is 6.20. The molecule has 0 bridgehead atoms. The summed E-state index contributed by atoms with van der Waals surface area (Å²) in [5.74, 6) is 0. The third-order valence-electron chi connectivity index (χ3n) is 2.70. The minimum Gasteiger partial charge on any atom is -0.0651 e. The van der Waals surface area contributed by atoms with Gasteiger partial charge in [0.15, 0.2) is 7.14 Å². The molecule has 0 spiro atoms. The molecular weight excluding hydrogens is 319 g/mol. The van der Waals surface area contributed by atoms with Gasteiger partial charge in [-0.3, -0.25) is 0 Å². The Morgan fingerprint density at radius 1 is 0.941 bits per heavy atom. The number of benzene rings is 2. The van der Waals surface area contributed by atoms with Crippen LogP contribution in [-0.4, -0.2) is 0 Å². The van der Waals surface area contributed by atoms with Gasteiger partial charge in [0, 0.05) is 5.56 Å². The van der Waals surface area contributed by atoms with Crippen LogP contribution in [0.3, 0.4) is 0 Å². The fourth-order valence-corrected chi connectivity index (χ4v) is 4.35.